The highest BCUT2D eigenvalue weighted by molar-refractivity contribution is 5.13. The summed E-state index contributed by atoms with van der Waals surface area (Å²) in [4.78, 5) is 20.6. The van der Waals surface area contributed by atoms with Crippen LogP contribution >= 0.6 is 0 Å². The number of hydrogen-bond donors (Lipinski definition) is 0. The van der Waals surface area contributed by atoms with E-state index >= 15 is 0 Å². The van der Waals surface area contributed by atoms with E-state index in [9.17, 15) is 4.79 Å². The Kier molecular flexibility index (Phi) is 3.00. The van der Waals surface area contributed by atoms with Gasteiger partial charge in [0.25, 0.3) is 0 Å². The summed E-state index contributed by atoms with van der Waals surface area (Å²) >= 11 is 0. The van der Waals surface area contributed by atoms with Crippen molar-refractivity contribution in [3.05, 3.63) is 64.3 Å². The second-order valence-corrected chi connectivity index (χ2v) is 3.45. The fraction of sp³-hybridized carbons (Fsp3) is 0.167. The van der Waals surface area contributed by atoms with E-state index in [1.807, 2.05) is 37.3 Å². The lowest BCUT2D eigenvalue weighted by Gasteiger charge is -2.07. The average Bonchev–Trinajstić information content (AvgIpc) is 2.32. The van der Waals surface area contributed by atoms with Crippen LogP contribution in [0.1, 0.15) is 11.3 Å². The minimum atomic E-state index is -0.262. The molecule has 1 aromatic heterocycles. The van der Waals surface area contributed by atoms with Crippen molar-refractivity contribution in [1.29, 1.82) is 0 Å². The molecule has 0 bridgehead atoms. The zero-order valence-electron chi connectivity index (χ0n) is 8.96. The van der Waals surface area contributed by atoms with Gasteiger partial charge in [-0.05, 0) is 12.5 Å². The molecule has 2 aromatic rings. The Bertz CT molecular complexity index is 520. The molecule has 0 aliphatic heterocycles. The summed E-state index contributed by atoms with van der Waals surface area (Å²) < 4.78 is 1.20. The third-order valence-corrected chi connectivity index (χ3v) is 2.11. The zero-order valence-corrected chi connectivity index (χ0v) is 8.96. The van der Waals surface area contributed by atoms with E-state index < -0.39 is 0 Å². The number of aryl methyl sites for hydroxylation is 1. The van der Waals surface area contributed by atoms with Gasteiger partial charge in [0.15, 0.2) is 0 Å². The third kappa shape index (κ3) is 2.48. The summed E-state index contributed by atoms with van der Waals surface area (Å²) in [5.74, 6) is 0. The van der Waals surface area contributed by atoms with Crippen molar-refractivity contribution in [2.75, 3.05) is 0 Å². The van der Waals surface area contributed by atoms with Gasteiger partial charge in [-0.1, -0.05) is 30.3 Å². The second-order valence-electron chi connectivity index (χ2n) is 3.45. The Hall–Kier alpha value is -2.10. The van der Waals surface area contributed by atoms with Crippen LogP contribution in [0.2, 0.25) is 0 Å². The van der Waals surface area contributed by atoms with Crippen LogP contribution < -0.4 is 10.4 Å². The molecule has 0 aliphatic carbocycles. The highest BCUT2D eigenvalue weighted by Crippen LogP contribution is 1.98. The number of rotatable bonds is 3. The van der Waals surface area contributed by atoms with Gasteiger partial charge in [-0.15, -0.1) is 4.73 Å². The largest absolute Gasteiger partial charge is 0.406 e. The van der Waals surface area contributed by atoms with Gasteiger partial charge in [-0.25, -0.2) is 0 Å². The first-order valence-electron chi connectivity index (χ1n) is 4.98. The molecule has 1 aromatic carbocycles. The summed E-state index contributed by atoms with van der Waals surface area (Å²) in [6.07, 6.45) is 2.82. The fourth-order valence-corrected chi connectivity index (χ4v) is 1.30. The summed E-state index contributed by atoms with van der Waals surface area (Å²) in [6, 6.07) is 9.68. The average molecular weight is 216 g/mol. The van der Waals surface area contributed by atoms with Crippen LogP contribution in [-0.2, 0) is 6.61 Å². The maximum atomic E-state index is 11.4. The van der Waals surface area contributed by atoms with Gasteiger partial charge in [0.1, 0.15) is 6.61 Å². The minimum absolute atomic E-state index is 0.262. The number of nitrogens with zero attached hydrogens (tertiary/aromatic N) is 2. The molecule has 0 saturated heterocycles. The highest BCUT2D eigenvalue weighted by Gasteiger charge is 1.98. The summed E-state index contributed by atoms with van der Waals surface area (Å²) in [7, 11) is 0. The van der Waals surface area contributed by atoms with Crippen LogP contribution in [0.4, 0.5) is 0 Å². The van der Waals surface area contributed by atoms with Crippen molar-refractivity contribution in [3.63, 3.8) is 0 Å². The standard InChI is InChI=1S/C12H12N2O2/c1-10-8-14(12(15)7-13-10)16-9-11-5-3-2-4-6-11/h2-8H,9H2,1H3. The first kappa shape index (κ1) is 10.4. The van der Waals surface area contributed by atoms with Crippen molar-refractivity contribution < 1.29 is 4.84 Å². The Morgan fingerprint density at radius 1 is 1.31 bits per heavy atom. The van der Waals surface area contributed by atoms with Crippen LogP contribution in [0.15, 0.2) is 47.5 Å². The minimum Gasteiger partial charge on any atom is -0.406 e. The van der Waals surface area contributed by atoms with E-state index in [-0.39, 0.29) is 5.56 Å². The van der Waals surface area contributed by atoms with Gasteiger partial charge in [0.2, 0.25) is 0 Å². The summed E-state index contributed by atoms with van der Waals surface area (Å²) in [5.41, 5.74) is 1.50. The molecule has 4 nitrogen and oxygen atoms in total. The fourth-order valence-electron chi connectivity index (χ4n) is 1.30. The van der Waals surface area contributed by atoms with Crippen molar-refractivity contribution in [3.8, 4) is 0 Å². The molecular formula is C12H12N2O2. The maximum absolute atomic E-state index is 11.4. The molecule has 0 aliphatic rings. The maximum Gasteiger partial charge on any atom is 0.301 e. The molecule has 0 unspecified atom stereocenters. The van der Waals surface area contributed by atoms with Crippen LogP contribution in [-0.4, -0.2) is 9.71 Å². The Balaban J connectivity index is 2.11. The van der Waals surface area contributed by atoms with Gasteiger partial charge < -0.3 is 4.84 Å². The molecule has 16 heavy (non-hydrogen) atoms. The Morgan fingerprint density at radius 2 is 2.06 bits per heavy atom. The van der Waals surface area contributed by atoms with Gasteiger partial charge >= 0.3 is 5.56 Å². The smallest absolute Gasteiger partial charge is 0.301 e. The van der Waals surface area contributed by atoms with Crippen molar-refractivity contribution >= 4 is 0 Å². The molecule has 4 heteroatoms. The van der Waals surface area contributed by atoms with E-state index in [1.165, 1.54) is 10.9 Å². The molecule has 0 N–H and O–H groups in total. The second kappa shape index (κ2) is 4.61. The third-order valence-electron chi connectivity index (χ3n) is 2.11. The molecule has 0 spiro atoms. The van der Waals surface area contributed by atoms with Crippen LogP contribution in [0.3, 0.4) is 0 Å². The first-order valence-corrected chi connectivity index (χ1v) is 4.98. The van der Waals surface area contributed by atoms with Gasteiger partial charge in [0, 0.05) is 0 Å². The van der Waals surface area contributed by atoms with Gasteiger partial charge in [0.05, 0.1) is 18.1 Å². The molecule has 0 fully saturated rings. The molecule has 82 valence electrons. The van der Waals surface area contributed by atoms with Crippen molar-refractivity contribution in [1.82, 2.24) is 9.71 Å². The van der Waals surface area contributed by atoms with Crippen LogP contribution in [0.25, 0.3) is 0 Å². The topological polar surface area (TPSA) is 44.1 Å². The predicted octanol–water partition coefficient (Wildman–Crippen LogP) is 1.18. The molecule has 0 amide bonds. The Labute approximate surface area is 93.1 Å². The van der Waals surface area contributed by atoms with Crippen LogP contribution in [0, 0.1) is 6.92 Å². The lowest BCUT2D eigenvalue weighted by Crippen LogP contribution is -2.26. The quantitative estimate of drug-likeness (QED) is 0.773. The summed E-state index contributed by atoms with van der Waals surface area (Å²) in [6.45, 7) is 2.17. The van der Waals surface area contributed by atoms with E-state index in [1.54, 1.807) is 6.20 Å². The lowest BCUT2D eigenvalue weighted by atomic mass is 10.2. The molecule has 2 rings (SSSR count). The van der Waals surface area contributed by atoms with E-state index in [4.69, 9.17) is 4.84 Å². The Morgan fingerprint density at radius 3 is 2.81 bits per heavy atom. The van der Waals surface area contributed by atoms with Gasteiger partial charge in [-0.2, -0.15) is 0 Å². The SMILES string of the molecule is Cc1cn(OCc2ccccc2)c(=O)cn1. The molecular weight excluding hydrogens is 204 g/mol. The van der Waals surface area contributed by atoms with E-state index in [0.29, 0.717) is 6.61 Å². The molecule has 1 heterocycles. The normalized spacial score (nSPS) is 10.1. The predicted molar refractivity (Wildman–Crippen MR) is 60.0 cm³/mol. The van der Waals surface area contributed by atoms with Crippen molar-refractivity contribution in [2.45, 2.75) is 13.5 Å². The highest BCUT2D eigenvalue weighted by atomic mass is 16.7. The molecule has 0 radical (unpaired) electrons. The zero-order chi connectivity index (χ0) is 11.4. The van der Waals surface area contributed by atoms with Gasteiger partial charge in [-0.3, -0.25) is 9.78 Å². The number of aromatic nitrogens is 2. The van der Waals surface area contributed by atoms with E-state index in [0.717, 1.165) is 11.3 Å². The molecule has 0 atom stereocenters. The van der Waals surface area contributed by atoms with Crippen LogP contribution in [0.5, 0.6) is 0 Å². The summed E-state index contributed by atoms with van der Waals surface area (Å²) in [5, 5.41) is 0. The van der Waals surface area contributed by atoms with E-state index in [2.05, 4.69) is 4.98 Å². The number of hydrogen-bond acceptors (Lipinski definition) is 3. The monoisotopic (exact) mass is 216 g/mol. The van der Waals surface area contributed by atoms with Crippen molar-refractivity contribution in [2.24, 2.45) is 0 Å². The number of benzene rings is 1. The lowest BCUT2D eigenvalue weighted by molar-refractivity contribution is 0.0880. The molecule has 0 saturated carbocycles. The first-order chi connectivity index (χ1) is 7.75.